The lowest BCUT2D eigenvalue weighted by atomic mass is 10.2. The molecule has 0 unspecified atom stereocenters. The number of carbonyl (C=O) groups excluding carboxylic acids is 3. The zero-order valence-electron chi connectivity index (χ0n) is 14.2. The van der Waals surface area contributed by atoms with Crippen LogP contribution in [-0.4, -0.2) is 64.9 Å². The fourth-order valence-corrected chi connectivity index (χ4v) is 2.23. The first-order chi connectivity index (χ1) is 11.4. The summed E-state index contributed by atoms with van der Waals surface area (Å²) < 4.78 is 4.19. The Balaban J connectivity index is -0.000000321. The Morgan fingerprint density at radius 2 is 1.68 bits per heavy atom. The molecule has 0 amide bonds. The number of rotatable bonds is 8. The molecule has 11 heteroatoms. The summed E-state index contributed by atoms with van der Waals surface area (Å²) in [6, 6.07) is 0. The maximum Gasteiger partial charge on any atom is 0.323 e. The van der Waals surface area contributed by atoms with Gasteiger partial charge in [-0.15, -0.1) is 35.9 Å². The van der Waals surface area contributed by atoms with Crippen molar-refractivity contribution in [3.63, 3.8) is 0 Å². The van der Waals surface area contributed by atoms with Gasteiger partial charge in [-0.3, -0.25) is 19.2 Å². The molecule has 1 aliphatic heterocycles. The van der Waals surface area contributed by atoms with Crippen LogP contribution in [0.2, 0.25) is 0 Å². The van der Waals surface area contributed by atoms with E-state index in [9.17, 15) is 19.2 Å². The van der Waals surface area contributed by atoms with E-state index in [0.717, 1.165) is 24.7 Å². The molecule has 0 radical (unpaired) electrons. The second kappa shape index (κ2) is 21.2. The molecule has 0 aromatic heterocycles. The van der Waals surface area contributed by atoms with Gasteiger partial charge in [0.05, 0.1) is 23.0 Å². The minimum absolute atomic E-state index is 0. The first kappa shape index (κ1) is 29.0. The number of Topliss-reactive ketones (excluding diaryl/α,β-unsaturated/α-hetero) is 1. The Labute approximate surface area is 162 Å². The van der Waals surface area contributed by atoms with Crippen LogP contribution >= 0.6 is 35.9 Å². The van der Waals surface area contributed by atoms with E-state index in [2.05, 4.69) is 11.7 Å². The Morgan fingerprint density at radius 1 is 1.16 bits per heavy atom. The van der Waals surface area contributed by atoms with Crippen molar-refractivity contribution >= 4 is 59.6 Å². The van der Waals surface area contributed by atoms with Gasteiger partial charge >= 0.3 is 17.9 Å². The summed E-state index contributed by atoms with van der Waals surface area (Å²) in [5.74, 6) is -0.756. The van der Waals surface area contributed by atoms with Crippen LogP contribution in [0.15, 0.2) is 0 Å². The molecule has 0 bridgehead atoms. The van der Waals surface area contributed by atoms with E-state index in [4.69, 9.17) is 16.6 Å². The number of esters is 2. The zero-order valence-corrected chi connectivity index (χ0v) is 16.7. The average molecular weight is 419 g/mol. The highest BCUT2D eigenvalue weighted by Crippen LogP contribution is 2.07. The van der Waals surface area contributed by atoms with Crippen LogP contribution in [0.4, 0.5) is 0 Å². The first-order valence-corrected chi connectivity index (χ1v) is 9.70. The maximum atomic E-state index is 10.9. The summed E-state index contributed by atoms with van der Waals surface area (Å²) in [7, 11) is 0. The molecule has 1 rings (SSSR count). The van der Waals surface area contributed by atoms with Crippen LogP contribution in [0.3, 0.4) is 0 Å². The lowest BCUT2D eigenvalue weighted by Crippen LogP contribution is -2.21. The molecule has 0 saturated carbocycles. The summed E-state index contributed by atoms with van der Waals surface area (Å²) in [6.07, 6.45) is 2.25. The van der Waals surface area contributed by atoms with E-state index in [0.29, 0.717) is 30.9 Å². The second-order valence-electron chi connectivity index (χ2n) is 4.44. The number of hydrogen-bond acceptors (Lipinski definition) is 9. The van der Waals surface area contributed by atoms with Crippen LogP contribution in [0.25, 0.3) is 0 Å². The highest BCUT2D eigenvalue weighted by Gasteiger charge is 2.16. The molecule has 1 aliphatic rings. The van der Waals surface area contributed by atoms with Gasteiger partial charge in [-0.1, -0.05) is 6.92 Å². The summed E-state index contributed by atoms with van der Waals surface area (Å²) in [5.41, 5.74) is 10.2. The van der Waals surface area contributed by atoms with Gasteiger partial charge in [0, 0.05) is 6.42 Å². The van der Waals surface area contributed by atoms with Gasteiger partial charge in [0.1, 0.15) is 5.78 Å². The predicted molar refractivity (Wildman–Crippen MR) is 103 cm³/mol. The normalized spacial score (nSPS) is 12.4. The van der Waals surface area contributed by atoms with Gasteiger partial charge in [-0.2, -0.15) is 0 Å². The predicted octanol–water partition coefficient (Wildman–Crippen LogP) is 0.692. The SMILES string of the molecule is CCCN.Cl.NCCCC(=O)CSCC(=O)O.O=C1CSCC(=O)O1. The number of aliphatic carboxylic acids is 1. The fourth-order valence-electron chi connectivity index (χ4n) is 1.03. The van der Waals surface area contributed by atoms with Gasteiger partial charge in [-0.25, -0.2) is 0 Å². The molecule has 1 fully saturated rings. The van der Waals surface area contributed by atoms with Crippen molar-refractivity contribution in [2.45, 2.75) is 26.2 Å². The summed E-state index contributed by atoms with van der Waals surface area (Å²) in [6.45, 7) is 3.38. The number of thioether (sulfide) groups is 2. The van der Waals surface area contributed by atoms with Crippen molar-refractivity contribution in [1.29, 1.82) is 0 Å². The van der Waals surface area contributed by atoms with Crippen molar-refractivity contribution in [2.24, 2.45) is 11.5 Å². The molecule has 0 aromatic rings. The quantitative estimate of drug-likeness (QED) is 0.379. The molecule has 0 aromatic carbocycles. The number of hydrogen-bond donors (Lipinski definition) is 3. The third kappa shape index (κ3) is 25.5. The number of carboxylic acids is 1. The molecule has 148 valence electrons. The third-order valence-corrected chi connectivity index (χ3v) is 3.96. The van der Waals surface area contributed by atoms with E-state index in [1.165, 1.54) is 11.8 Å². The van der Waals surface area contributed by atoms with Gasteiger partial charge in [0.15, 0.2) is 0 Å². The molecular formula is C14H27ClN2O6S2. The molecule has 8 nitrogen and oxygen atoms in total. The Hall–Kier alpha value is -0.810. The summed E-state index contributed by atoms with van der Waals surface area (Å²) in [4.78, 5) is 41.4. The molecule has 5 N–H and O–H groups in total. The summed E-state index contributed by atoms with van der Waals surface area (Å²) in [5, 5.41) is 8.25. The monoisotopic (exact) mass is 418 g/mol. The second-order valence-corrected chi connectivity index (χ2v) is 6.42. The Bertz CT molecular complexity index is 384. The smallest absolute Gasteiger partial charge is 0.323 e. The van der Waals surface area contributed by atoms with E-state index < -0.39 is 17.9 Å². The molecule has 1 saturated heterocycles. The van der Waals surface area contributed by atoms with E-state index >= 15 is 0 Å². The van der Waals surface area contributed by atoms with Crippen LogP contribution in [0.5, 0.6) is 0 Å². The van der Waals surface area contributed by atoms with Crippen molar-refractivity contribution in [3.05, 3.63) is 0 Å². The number of ether oxygens (including phenoxy) is 1. The molecule has 1 heterocycles. The van der Waals surface area contributed by atoms with E-state index in [-0.39, 0.29) is 29.7 Å². The van der Waals surface area contributed by atoms with Crippen molar-refractivity contribution < 1.29 is 29.0 Å². The fraction of sp³-hybridized carbons (Fsp3) is 0.714. The molecule has 0 spiro atoms. The topological polar surface area (TPSA) is 150 Å². The number of ketones is 1. The minimum Gasteiger partial charge on any atom is -0.481 e. The van der Waals surface area contributed by atoms with Crippen molar-refractivity contribution in [1.82, 2.24) is 0 Å². The van der Waals surface area contributed by atoms with Crippen LogP contribution in [0.1, 0.15) is 26.2 Å². The van der Waals surface area contributed by atoms with Gasteiger partial charge in [0.2, 0.25) is 0 Å². The van der Waals surface area contributed by atoms with Crippen LogP contribution in [-0.2, 0) is 23.9 Å². The van der Waals surface area contributed by atoms with Crippen molar-refractivity contribution in [3.8, 4) is 0 Å². The van der Waals surface area contributed by atoms with Gasteiger partial charge < -0.3 is 21.3 Å². The lowest BCUT2D eigenvalue weighted by molar-refractivity contribution is -0.156. The molecule has 0 atom stereocenters. The van der Waals surface area contributed by atoms with E-state index in [1.54, 1.807) is 0 Å². The third-order valence-electron chi connectivity index (χ3n) is 2.10. The zero-order chi connectivity index (χ0) is 18.8. The number of cyclic esters (lactones) is 2. The minimum atomic E-state index is -0.883. The van der Waals surface area contributed by atoms with Gasteiger partial charge in [-0.05, 0) is 25.9 Å². The van der Waals surface area contributed by atoms with E-state index in [1.807, 2.05) is 0 Å². The van der Waals surface area contributed by atoms with Crippen molar-refractivity contribution in [2.75, 3.05) is 36.1 Å². The standard InChI is InChI=1S/C7H13NO3S.C4H4O3S.C3H9N.ClH/c8-3-1-2-6(9)4-12-5-7(10)11;5-3-1-8-2-4(6)7-3;1-2-3-4;/h1-5,8H2,(H,10,11);1-2H2;2-4H2,1H3;1H. The Kier molecular flexibility index (Phi) is 24.6. The number of nitrogens with two attached hydrogens (primary N) is 2. The molecule has 25 heavy (non-hydrogen) atoms. The van der Waals surface area contributed by atoms with Crippen LogP contribution in [0, 0.1) is 0 Å². The summed E-state index contributed by atoms with van der Waals surface area (Å²) >= 11 is 2.42. The number of carboxylic acid groups (broad SMARTS) is 1. The number of halogens is 1. The maximum absolute atomic E-state index is 10.9. The first-order valence-electron chi connectivity index (χ1n) is 7.39. The van der Waals surface area contributed by atoms with Crippen LogP contribution < -0.4 is 11.5 Å². The lowest BCUT2D eigenvalue weighted by Gasteiger charge is -2.06. The Morgan fingerprint density at radius 3 is 2.00 bits per heavy atom. The largest absolute Gasteiger partial charge is 0.481 e. The van der Waals surface area contributed by atoms with Gasteiger partial charge in [0.25, 0.3) is 0 Å². The molecular weight excluding hydrogens is 392 g/mol. The highest BCUT2D eigenvalue weighted by atomic mass is 35.5. The highest BCUT2D eigenvalue weighted by molar-refractivity contribution is 8.00. The molecule has 0 aliphatic carbocycles. The number of carbonyl (C=O) groups is 4. The average Bonchev–Trinajstić information content (AvgIpc) is 2.53.